The summed E-state index contributed by atoms with van der Waals surface area (Å²) in [6, 6.07) is 9.86. The molecule has 2 aliphatic heterocycles. The van der Waals surface area contributed by atoms with Crippen LogP contribution in [0.15, 0.2) is 36.5 Å². The summed E-state index contributed by atoms with van der Waals surface area (Å²) in [7, 11) is 3.29. The third kappa shape index (κ3) is 8.20. The molecule has 2 aromatic rings. The van der Waals surface area contributed by atoms with E-state index in [1.807, 2.05) is 30.3 Å². The van der Waals surface area contributed by atoms with Crippen molar-refractivity contribution in [1.29, 1.82) is 0 Å². The fourth-order valence-corrected chi connectivity index (χ4v) is 6.54. The molecule has 0 amide bonds. The molecule has 0 aliphatic carbocycles. The van der Waals surface area contributed by atoms with Gasteiger partial charge in [-0.05, 0) is 43.0 Å². The van der Waals surface area contributed by atoms with Gasteiger partial charge >= 0.3 is 5.97 Å². The highest BCUT2D eigenvalue weighted by atomic mass is 35.5. The van der Waals surface area contributed by atoms with E-state index in [1.165, 1.54) is 0 Å². The molecule has 0 bridgehead atoms. The lowest BCUT2D eigenvalue weighted by molar-refractivity contribution is -0.137. The number of hydrogen-bond donors (Lipinski definition) is 1. The zero-order chi connectivity index (χ0) is 30.2. The number of aromatic nitrogens is 1. The lowest BCUT2D eigenvalue weighted by atomic mass is 9.87. The number of rotatable bonds is 14. The Balaban J connectivity index is 1.44. The summed E-state index contributed by atoms with van der Waals surface area (Å²) in [5.74, 6) is 1.52. The van der Waals surface area contributed by atoms with E-state index < -0.39 is 5.97 Å². The van der Waals surface area contributed by atoms with Gasteiger partial charge < -0.3 is 33.9 Å². The lowest BCUT2D eigenvalue weighted by Gasteiger charge is -2.40. The van der Waals surface area contributed by atoms with E-state index in [1.54, 1.807) is 20.4 Å². The number of carboxylic acids is 1. The fourth-order valence-electron chi connectivity index (χ4n) is 6.31. The Kier molecular flexibility index (Phi) is 11.6. The first-order valence-corrected chi connectivity index (χ1v) is 15.4. The van der Waals surface area contributed by atoms with Crippen molar-refractivity contribution in [3.05, 3.63) is 41.6 Å². The number of ether oxygens (including phenoxy) is 4. The number of pyridine rings is 1. The molecule has 2 saturated heterocycles. The molecule has 2 unspecified atom stereocenters. The van der Waals surface area contributed by atoms with Gasteiger partial charge in [-0.1, -0.05) is 32.4 Å². The second kappa shape index (κ2) is 15.1. The summed E-state index contributed by atoms with van der Waals surface area (Å²) in [6.45, 7) is 10.1. The molecule has 9 nitrogen and oxygen atoms in total. The molecular weight excluding hydrogens is 558 g/mol. The van der Waals surface area contributed by atoms with E-state index >= 15 is 0 Å². The number of methoxy groups -OCH3 is 2. The molecule has 42 heavy (non-hydrogen) atoms. The molecule has 2 fully saturated rings. The van der Waals surface area contributed by atoms with E-state index in [9.17, 15) is 9.90 Å². The normalized spacial score (nSPS) is 24.3. The number of carboxylic acid groups (broad SMARTS) is 1. The highest BCUT2D eigenvalue weighted by molar-refractivity contribution is 6.33. The lowest BCUT2D eigenvalue weighted by Crippen LogP contribution is -2.46. The van der Waals surface area contributed by atoms with Gasteiger partial charge in [-0.15, -0.1) is 0 Å². The van der Waals surface area contributed by atoms with E-state index in [0.717, 1.165) is 49.5 Å². The number of piperidine rings is 1. The average Bonchev–Trinajstić information content (AvgIpc) is 3.26. The topological polar surface area (TPSA) is 93.6 Å². The van der Waals surface area contributed by atoms with Crippen LogP contribution in [-0.4, -0.2) is 81.4 Å². The summed E-state index contributed by atoms with van der Waals surface area (Å²) in [4.78, 5) is 20.4. The minimum atomic E-state index is -0.800. The smallest absolute Gasteiger partial charge is 0.305 e. The monoisotopic (exact) mass is 603 g/mol. The highest BCUT2D eigenvalue weighted by Crippen LogP contribution is 2.37. The highest BCUT2D eigenvalue weighted by Gasteiger charge is 2.41. The van der Waals surface area contributed by atoms with E-state index in [4.69, 9.17) is 30.5 Å². The quantitative estimate of drug-likeness (QED) is 0.269. The van der Waals surface area contributed by atoms with Crippen molar-refractivity contribution in [2.45, 2.75) is 64.7 Å². The molecule has 0 spiro atoms. The Labute approximate surface area is 255 Å². The third-order valence-electron chi connectivity index (χ3n) is 8.43. The van der Waals surface area contributed by atoms with Crippen molar-refractivity contribution < 1.29 is 28.8 Å². The zero-order valence-electron chi connectivity index (χ0n) is 25.5. The number of hydrogen-bond acceptors (Lipinski definition) is 8. The van der Waals surface area contributed by atoms with Gasteiger partial charge in [0.1, 0.15) is 11.9 Å². The Morgan fingerprint density at radius 3 is 2.57 bits per heavy atom. The van der Waals surface area contributed by atoms with Crippen molar-refractivity contribution in [3.8, 4) is 11.6 Å². The van der Waals surface area contributed by atoms with Crippen LogP contribution in [-0.2, 0) is 14.3 Å². The molecule has 3 heterocycles. The minimum Gasteiger partial charge on any atom is -0.490 e. The fraction of sp³-hybridized carbons (Fsp3) is 0.625. The molecule has 10 heteroatoms. The van der Waals surface area contributed by atoms with Crippen LogP contribution >= 0.6 is 11.6 Å². The van der Waals surface area contributed by atoms with Crippen LogP contribution in [0.4, 0.5) is 11.4 Å². The number of anilines is 2. The van der Waals surface area contributed by atoms with Gasteiger partial charge in [0.25, 0.3) is 0 Å². The summed E-state index contributed by atoms with van der Waals surface area (Å²) in [6.07, 6.45) is 4.48. The van der Waals surface area contributed by atoms with Gasteiger partial charge in [0.2, 0.25) is 5.88 Å². The largest absolute Gasteiger partial charge is 0.490 e. The molecule has 0 radical (unpaired) electrons. The first-order valence-electron chi connectivity index (χ1n) is 15.0. The molecule has 1 aromatic heterocycles. The van der Waals surface area contributed by atoms with Gasteiger partial charge in [0, 0.05) is 76.0 Å². The molecule has 232 valence electrons. The van der Waals surface area contributed by atoms with Crippen molar-refractivity contribution in [3.63, 3.8) is 0 Å². The predicted octanol–water partition coefficient (Wildman–Crippen LogP) is 5.78. The standard InChI is InChI=1S/C32H46ClN3O6/c1-21(2)15-23-19-35(28-16-31(40-5)34-18-26(28)33)12-11-29(23)42-25-9-7-24(8-10-25)36-20-30(41-14-6-13-39-4)22(3)27(36)17-32(37)38/h7-10,16,18,21-23,27,29-30H,6,11-15,17,19-20H2,1-5H3,(H,37,38)/t22-,23?,27-,29?,30-/m0/s1. The maximum atomic E-state index is 11.7. The predicted molar refractivity (Wildman–Crippen MR) is 165 cm³/mol. The average molecular weight is 604 g/mol. The Morgan fingerprint density at radius 1 is 1.14 bits per heavy atom. The van der Waals surface area contributed by atoms with Gasteiger partial charge in [-0.3, -0.25) is 4.79 Å². The van der Waals surface area contributed by atoms with Gasteiger partial charge in [-0.2, -0.15) is 0 Å². The molecule has 2 aliphatic rings. The number of halogens is 1. The van der Waals surface area contributed by atoms with Crippen LogP contribution in [0.25, 0.3) is 0 Å². The Hall–Kier alpha value is -2.75. The summed E-state index contributed by atoms with van der Waals surface area (Å²) in [5, 5.41) is 10.2. The first-order chi connectivity index (χ1) is 20.2. The van der Waals surface area contributed by atoms with Crippen molar-refractivity contribution in [2.75, 3.05) is 56.9 Å². The SMILES string of the molecule is COCCCO[C@H]1CN(c2ccc(OC3CCN(c4cc(OC)ncc4Cl)CC3CC(C)C)cc2)[C@@H](CC(=O)O)[C@@H]1C. The Bertz CT molecular complexity index is 1150. The number of benzene rings is 1. The molecule has 5 atom stereocenters. The van der Waals surface area contributed by atoms with Crippen molar-refractivity contribution in [1.82, 2.24) is 4.98 Å². The van der Waals surface area contributed by atoms with Gasteiger partial charge in [0.15, 0.2) is 0 Å². The van der Waals surface area contributed by atoms with Crippen molar-refractivity contribution in [2.24, 2.45) is 17.8 Å². The summed E-state index contributed by atoms with van der Waals surface area (Å²) >= 11 is 6.53. The second-order valence-corrected chi connectivity index (χ2v) is 12.3. The molecule has 1 N–H and O–H groups in total. The summed E-state index contributed by atoms with van der Waals surface area (Å²) < 4.78 is 23.2. The van der Waals surface area contributed by atoms with Crippen LogP contribution in [0.1, 0.15) is 46.5 Å². The van der Waals surface area contributed by atoms with Crippen LogP contribution in [0.5, 0.6) is 11.6 Å². The van der Waals surface area contributed by atoms with Crippen LogP contribution < -0.4 is 19.3 Å². The van der Waals surface area contributed by atoms with Crippen molar-refractivity contribution >= 4 is 28.9 Å². The third-order valence-corrected chi connectivity index (χ3v) is 8.72. The number of carbonyl (C=O) groups is 1. The van der Waals surface area contributed by atoms with Crippen LogP contribution in [0, 0.1) is 17.8 Å². The molecule has 0 saturated carbocycles. The Morgan fingerprint density at radius 2 is 1.90 bits per heavy atom. The first kappa shape index (κ1) is 32.2. The maximum Gasteiger partial charge on any atom is 0.305 e. The van der Waals surface area contributed by atoms with Gasteiger partial charge in [-0.25, -0.2) is 4.98 Å². The maximum absolute atomic E-state index is 11.7. The second-order valence-electron chi connectivity index (χ2n) is 11.9. The molecule has 1 aromatic carbocycles. The molecule has 4 rings (SSSR count). The number of nitrogens with zero attached hydrogens (tertiary/aromatic N) is 3. The van der Waals surface area contributed by atoms with E-state index in [-0.39, 0.29) is 30.6 Å². The van der Waals surface area contributed by atoms with Crippen LogP contribution in [0.2, 0.25) is 5.02 Å². The zero-order valence-corrected chi connectivity index (χ0v) is 26.3. The number of aliphatic carboxylic acids is 1. The van der Waals surface area contributed by atoms with Crippen LogP contribution in [0.3, 0.4) is 0 Å². The van der Waals surface area contributed by atoms with Gasteiger partial charge in [0.05, 0.1) is 36.5 Å². The minimum absolute atomic E-state index is 0.0297. The van der Waals surface area contributed by atoms with E-state index in [2.05, 4.69) is 35.6 Å². The summed E-state index contributed by atoms with van der Waals surface area (Å²) in [5.41, 5.74) is 1.93. The molecular formula is C32H46ClN3O6. The van der Waals surface area contributed by atoms with E-state index in [0.29, 0.717) is 42.5 Å².